The molecular weight excluding hydrogens is 404 g/mol. The van der Waals surface area contributed by atoms with E-state index in [1.165, 1.54) is 10.6 Å². The summed E-state index contributed by atoms with van der Waals surface area (Å²) in [5, 5.41) is 4.66. The Morgan fingerprint density at radius 3 is 2.69 bits per heavy atom. The van der Waals surface area contributed by atoms with Gasteiger partial charge in [-0.15, -0.1) is 5.10 Å². The standard InChI is InChI=1S/C24H24N6O2/c1-15-8-22-27-20(14-32-3)10-23(31)30(22)28-24(15)29-7-6-21-19(13-29)9-18(12-26-21)17-5-4-16(2)25-11-17/h4-5,8-12H,6-7,13-14H2,1-3H3. The topological polar surface area (TPSA) is 85.5 Å². The van der Waals surface area contributed by atoms with Gasteiger partial charge in [-0.25, -0.2) is 4.98 Å². The fourth-order valence-electron chi connectivity index (χ4n) is 4.11. The molecule has 0 bridgehead atoms. The lowest BCUT2D eigenvalue weighted by Gasteiger charge is -2.30. The maximum Gasteiger partial charge on any atom is 0.274 e. The molecule has 0 amide bonds. The summed E-state index contributed by atoms with van der Waals surface area (Å²) in [6.45, 7) is 5.74. The fourth-order valence-corrected chi connectivity index (χ4v) is 4.11. The number of anilines is 1. The van der Waals surface area contributed by atoms with Crippen molar-refractivity contribution in [1.82, 2.24) is 24.6 Å². The van der Waals surface area contributed by atoms with Crippen LogP contribution in [0.15, 0.2) is 47.5 Å². The summed E-state index contributed by atoms with van der Waals surface area (Å²) in [6.07, 6.45) is 4.62. The summed E-state index contributed by atoms with van der Waals surface area (Å²) in [7, 11) is 1.58. The molecule has 8 nitrogen and oxygen atoms in total. The Bertz CT molecular complexity index is 1360. The summed E-state index contributed by atoms with van der Waals surface area (Å²) < 4.78 is 6.48. The highest BCUT2D eigenvalue weighted by atomic mass is 16.5. The second-order valence-electron chi connectivity index (χ2n) is 8.13. The second kappa shape index (κ2) is 8.12. The van der Waals surface area contributed by atoms with Crippen molar-refractivity contribution in [2.75, 3.05) is 18.6 Å². The third kappa shape index (κ3) is 3.73. The number of pyridine rings is 2. The van der Waals surface area contributed by atoms with Gasteiger partial charge in [0.2, 0.25) is 0 Å². The van der Waals surface area contributed by atoms with E-state index in [4.69, 9.17) is 9.72 Å². The maximum atomic E-state index is 12.6. The van der Waals surface area contributed by atoms with Crippen molar-refractivity contribution in [3.63, 3.8) is 0 Å². The number of nitrogens with zero attached hydrogens (tertiary/aromatic N) is 6. The zero-order valence-electron chi connectivity index (χ0n) is 18.4. The Balaban J connectivity index is 1.49. The smallest absolute Gasteiger partial charge is 0.274 e. The highest BCUT2D eigenvalue weighted by Gasteiger charge is 2.22. The predicted octanol–water partition coefficient (Wildman–Crippen LogP) is 2.87. The first-order chi connectivity index (χ1) is 15.5. The molecule has 0 spiro atoms. The van der Waals surface area contributed by atoms with E-state index in [2.05, 4.69) is 32.1 Å². The van der Waals surface area contributed by atoms with E-state index in [0.29, 0.717) is 24.5 Å². The van der Waals surface area contributed by atoms with Crippen molar-refractivity contribution in [2.45, 2.75) is 33.4 Å². The first-order valence-corrected chi connectivity index (χ1v) is 10.6. The molecular formula is C24H24N6O2. The van der Waals surface area contributed by atoms with Crippen molar-refractivity contribution in [2.24, 2.45) is 0 Å². The lowest BCUT2D eigenvalue weighted by molar-refractivity contribution is 0.181. The maximum absolute atomic E-state index is 12.6. The number of methoxy groups -OCH3 is 1. The van der Waals surface area contributed by atoms with Crippen LogP contribution in [-0.4, -0.2) is 38.2 Å². The molecule has 4 aromatic heterocycles. The minimum atomic E-state index is -0.212. The monoisotopic (exact) mass is 428 g/mol. The molecule has 5 rings (SSSR count). The number of hydrogen-bond acceptors (Lipinski definition) is 7. The van der Waals surface area contributed by atoms with Gasteiger partial charge in [-0.2, -0.15) is 4.52 Å². The van der Waals surface area contributed by atoms with Crippen molar-refractivity contribution >= 4 is 11.5 Å². The minimum absolute atomic E-state index is 0.212. The fraction of sp³-hybridized carbons (Fsp3) is 0.292. The van der Waals surface area contributed by atoms with Crippen LogP contribution in [0.3, 0.4) is 0 Å². The number of hydrogen-bond donors (Lipinski definition) is 0. The molecule has 0 saturated heterocycles. The van der Waals surface area contributed by atoms with E-state index in [0.717, 1.165) is 52.4 Å². The summed E-state index contributed by atoms with van der Waals surface area (Å²) in [4.78, 5) is 28.4. The number of fused-ring (bicyclic) bond motifs is 2. The van der Waals surface area contributed by atoms with E-state index >= 15 is 0 Å². The Morgan fingerprint density at radius 2 is 1.91 bits per heavy atom. The van der Waals surface area contributed by atoms with Crippen LogP contribution in [-0.2, 0) is 24.3 Å². The number of aryl methyl sites for hydroxylation is 2. The third-order valence-electron chi connectivity index (χ3n) is 5.74. The van der Waals surface area contributed by atoms with Crippen molar-refractivity contribution in [3.05, 3.63) is 81.3 Å². The van der Waals surface area contributed by atoms with Gasteiger partial charge in [0.05, 0.1) is 12.3 Å². The molecule has 0 fully saturated rings. The zero-order valence-corrected chi connectivity index (χ0v) is 18.4. The van der Waals surface area contributed by atoms with E-state index < -0.39 is 0 Å². The third-order valence-corrected chi connectivity index (χ3v) is 5.74. The molecule has 1 aliphatic heterocycles. The Hall–Kier alpha value is -3.65. The number of aromatic nitrogens is 5. The molecule has 5 heterocycles. The van der Waals surface area contributed by atoms with Crippen molar-refractivity contribution in [1.29, 1.82) is 0 Å². The highest BCUT2D eigenvalue weighted by Crippen LogP contribution is 2.28. The molecule has 4 aromatic rings. The average Bonchev–Trinajstić information content (AvgIpc) is 2.79. The van der Waals surface area contributed by atoms with E-state index in [9.17, 15) is 4.79 Å². The van der Waals surface area contributed by atoms with Crippen LogP contribution in [0.4, 0.5) is 5.82 Å². The molecule has 0 radical (unpaired) electrons. The van der Waals surface area contributed by atoms with Gasteiger partial charge in [-0.3, -0.25) is 14.8 Å². The van der Waals surface area contributed by atoms with Crippen LogP contribution >= 0.6 is 0 Å². The molecule has 0 aliphatic carbocycles. The minimum Gasteiger partial charge on any atom is -0.378 e. The van der Waals surface area contributed by atoms with Gasteiger partial charge in [-0.1, -0.05) is 6.07 Å². The van der Waals surface area contributed by atoms with Gasteiger partial charge in [0.15, 0.2) is 11.5 Å². The quantitative estimate of drug-likeness (QED) is 0.494. The molecule has 162 valence electrons. The molecule has 0 unspecified atom stereocenters. The first-order valence-electron chi connectivity index (χ1n) is 10.6. The molecule has 32 heavy (non-hydrogen) atoms. The summed E-state index contributed by atoms with van der Waals surface area (Å²) >= 11 is 0. The van der Waals surface area contributed by atoms with Crippen molar-refractivity contribution in [3.8, 4) is 11.1 Å². The molecule has 0 atom stereocenters. The number of ether oxygens (including phenoxy) is 1. The van der Waals surface area contributed by atoms with Gasteiger partial charge in [0, 0.05) is 67.6 Å². The van der Waals surface area contributed by atoms with Gasteiger partial charge < -0.3 is 9.64 Å². The van der Waals surface area contributed by atoms with Crippen LogP contribution in [0.25, 0.3) is 16.8 Å². The zero-order chi connectivity index (χ0) is 22.2. The van der Waals surface area contributed by atoms with Crippen LogP contribution in [0, 0.1) is 13.8 Å². The predicted molar refractivity (Wildman–Crippen MR) is 122 cm³/mol. The second-order valence-corrected chi connectivity index (χ2v) is 8.13. The molecule has 0 aromatic carbocycles. The highest BCUT2D eigenvalue weighted by molar-refractivity contribution is 5.63. The van der Waals surface area contributed by atoms with Gasteiger partial charge in [0.1, 0.15) is 0 Å². The van der Waals surface area contributed by atoms with Crippen LogP contribution in [0.2, 0.25) is 0 Å². The number of rotatable bonds is 4. The molecule has 0 N–H and O–H groups in total. The van der Waals surface area contributed by atoms with Crippen molar-refractivity contribution < 1.29 is 4.74 Å². The Labute approximate surface area is 185 Å². The molecule has 8 heteroatoms. The van der Waals surface area contributed by atoms with Gasteiger partial charge >= 0.3 is 0 Å². The van der Waals surface area contributed by atoms with E-state index in [1.807, 2.05) is 38.4 Å². The lowest BCUT2D eigenvalue weighted by atomic mass is 10.0. The summed E-state index contributed by atoms with van der Waals surface area (Å²) in [6, 6.07) is 9.64. The summed E-state index contributed by atoms with van der Waals surface area (Å²) in [5.74, 6) is 0.786. The first kappa shape index (κ1) is 20.3. The van der Waals surface area contributed by atoms with Crippen LogP contribution in [0.5, 0.6) is 0 Å². The van der Waals surface area contributed by atoms with Crippen LogP contribution < -0.4 is 10.5 Å². The van der Waals surface area contributed by atoms with Gasteiger partial charge in [-0.05, 0) is 43.2 Å². The lowest BCUT2D eigenvalue weighted by Crippen LogP contribution is -2.33. The molecule has 0 saturated carbocycles. The SMILES string of the molecule is COCc1cc(=O)n2nc(N3CCc4ncc(-c5ccc(C)nc5)cc4C3)c(C)cc2n1. The largest absolute Gasteiger partial charge is 0.378 e. The normalized spacial score (nSPS) is 13.4. The Morgan fingerprint density at radius 1 is 1.06 bits per heavy atom. The van der Waals surface area contributed by atoms with E-state index in [1.54, 1.807) is 7.11 Å². The summed E-state index contributed by atoms with van der Waals surface area (Å²) in [5.41, 5.74) is 7.24. The van der Waals surface area contributed by atoms with Gasteiger partial charge in [0.25, 0.3) is 5.56 Å². The van der Waals surface area contributed by atoms with Crippen LogP contribution in [0.1, 0.15) is 28.2 Å². The average molecular weight is 428 g/mol. The van der Waals surface area contributed by atoms with E-state index in [-0.39, 0.29) is 5.56 Å². The molecule has 1 aliphatic rings. The Kier molecular flexibility index (Phi) is 5.14.